The minimum Gasteiger partial charge on any atom is -0.379 e. The van der Waals surface area contributed by atoms with Gasteiger partial charge in [0.2, 0.25) is 0 Å². The molecular weight excluding hydrogens is 234 g/mol. The van der Waals surface area contributed by atoms with Gasteiger partial charge in [-0.2, -0.15) is 0 Å². The maximum Gasteiger partial charge on any atom is 0.187 e. The SMILES string of the molecule is CC(C)CNCc1cnc(SC2COC2)nc1. The van der Waals surface area contributed by atoms with Crippen LogP contribution in [0.1, 0.15) is 19.4 Å². The molecular formula is C12H19N3OS. The van der Waals surface area contributed by atoms with Crippen LogP contribution < -0.4 is 5.32 Å². The smallest absolute Gasteiger partial charge is 0.187 e. The molecule has 0 spiro atoms. The van der Waals surface area contributed by atoms with Crippen molar-refractivity contribution in [1.82, 2.24) is 15.3 Å². The topological polar surface area (TPSA) is 47.0 Å². The Kier molecular flexibility index (Phi) is 4.76. The van der Waals surface area contributed by atoms with Crippen molar-refractivity contribution >= 4 is 11.8 Å². The van der Waals surface area contributed by atoms with Crippen molar-refractivity contribution < 1.29 is 4.74 Å². The summed E-state index contributed by atoms with van der Waals surface area (Å²) < 4.78 is 5.12. The molecule has 94 valence electrons. The first-order valence-corrected chi connectivity index (χ1v) is 6.88. The normalized spacial score (nSPS) is 16.2. The average molecular weight is 253 g/mol. The summed E-state index contributed by atoms with van der Waals surface area (Å²) in [5.41, 5.74) is 1.14. The van der Waals surface area contributed by atoms with E-state index in [9.17, 15) is 0 Å². The second-order valence-corrected chi connectivity index (χ2v) is 5.94. The predicted octanol–water partition coefficient (Wildman–Crippen LogP) is 1.71. The van der Waals surface area contributed by atoms with Gasteiger partial charge in [-0.3, -0.25) is 0 Å². The second-order valence-electron chi connectivity index (χ2n) is 4.68. The maximum absolute atomic E-state index is 5.12. The van der Waals surface area contributed by atoms with Crippen LogP contribution in [0, 0.1) is 5.92 Å². The minimum absolute atomic E-state index is 0.542. The Bertz CT molecular complexity index is 338. The Morgan fingerprint density at radius 2 is 2.12 bits per heavy atom. The molecule has 0 aliphatic carbocycles. The summed E-state index contributed by atoms with van der Waals surface area (Å²) in [6.45, 7) is 7.91. The lowest BCUT2D eigenvalue weighted by Crippen LogP contribution is -2.30. The van der Waals surface area contributed by atoms with Gasteiger partial charge in [-0.15, -0.1) is 0 Å². The minimum atomic E-state index is 0.542. The third-order valence-corrected chi connectivity index (χ3v) is 3.47. The third-order valence-electron chi connectivity index (χ3n) is 2.44. The fourth-order valence-electron chi connectivity index (χ4n) is 1.43. The Labute approximate surface area is 107 Å². The van der Waals surface area contributed by atoms with Crippen LogP contribution in [0.3, 0.4) is 0 Å². The summed E-state index contributed by atoms with van der Waals surface area (Å²) in [6.07, 6.45) is 3.81. The first kappa shape index (κ1) is 12.8. The van der Waals surface area contributed by atoms with Crippen LogP contribution in [-0.4, -0.2) is 35.0 Å². The highest BCUT2D eigenvalue weighted by atomic mass is 32.2. The molecule has 1 aromatic heterocycles. The lowest BCUT2D eigenvalue weighted by atomic mass is 10.2. The van der Waals surface area contributed by atoms with Crippen molar-refractivity contribution in [3.8, 4) is 0 Å². The lowest BCUT2D eigenvalue weighted by Gasteiger charge is -2.24. The molecule has 0 bridgehead atoms. The average Bonchev–Trinajstić information content (AvgIpc) is 2.25. The van der Waals surface area contributed by atoms with E-state index in [1.165, 1.54) is 0 Å². The number of nitrogens with one attached hydrogen (secondary N) is 1. The summed E-state index contributed by atoms with van der Waals surface area (Å²) in [4.78, 5) is 8.71. The van der Waals surface area contributed by atoms with Gasteiger partial charge < -0.3 is 10.1 Å². The molecule has 5 heteroatoms. The van der Waals surface area contributed by atoms with Gasteiger partial charge in [0.1, 0.15) is 0 Å². The summed E-state index contributed by atoms with van der Waals surface area (Å²) in [5.74, 6) is 0.671. The van der Waals surface area contributed by atoms with Gasteiger partial charge in [-0.1, -0.05) is 25.6 Å². The quantitative estimate of drug-likeness (QED) is 0.782. The number of rotatable bonds is 6. The fourth-order valence-corrected chi connectivity index (χ4v) is 2.29. The summed E-state index contributed by atoms with van der Waals surface area (Å²) >= 11 is 1.70. The predicted molar refractivity (Wildman–Crippen MR) is 69.0 cm³/mol. The molecule has 1 fully saturated rings. The Hall–Kier alpha value is -0.650. The molecule has 17 heavy (non-hydrogen) atoms. The largest absolute Gasteiger partial charge is 0.379 e. The molecule has 1 aliphatic heterocycles. The number of nitrogens with zero attached hydrogens (tertiary/aromatic N) is 2. The molecule has 1 aliphatic rings. The van der Waals surface area contributed by atoms with E-state index < -0.39 is 0 Å². The van der Waals surface area contributed by atoms with E-state index in [1.807, 2.05) is 12.4 Å². The van der Waals surface area contributed by atoms with E-state index in [2.05, 4.69) is 29.1 Å². The molecule has 0 radical (unpaired) electrons. The van der Waals surface area contributed by atoms with Crippen LogP contribution in [0.25, 0.3) is 0 Å². The third kappa shape index (κ3) is 4.26. The molecule has 0 amide bonds. The number of hydrogen-bond acceptors (Lipinski definition) is 5. The van der Waals surface area contributed by atoms with Gasteiger partial charge in [0, 0.05) is 24.5 Å². The van der Waals surface area contributed by atoms with E-state index in [1.54, 1.807) is 11.8 Å². The second kappa shape index (κ2) is 6.33. The molecule has 2 rings (SSSR count). The highest BCUT2D eigenvalue weighted by Crippen LogP contribution is 2.24. The summed E-state index contributed by atoms with van der Waals surface area (Å²) in [6, 6.07) is 0. The Morgan fingerprint density at radius 1 is 1.41 bits per heavy atom. The molecule has 1 N–H and O–H groups in total. The van der Waals surface area contributed by atoms with Crippen LogP contribution in [0.5, 0.6) is 0 Å². The first-order chi connectivity index (χ1) is 8.24. The van der Waals surface area contributed by atoms with Crippen molar-refractivity contribution in [2.45, 2.75) is 30.8 Å². The number of aromatic nitrogens is 2. The summed E-state index contributed by atoms with van der Waals surface area (Å²) in [7, 11) is 0. The zero-order valence-electron chi connectivity index (χ0n) is 10.3. The van der Waals surface area contributed by atoms with Crippen molar-refractivity contribution in [1.29, 1.82) is 0 Å². The molecule has 0 saturated carbocycles. The van der Waals surface area contributed by atoms with Crippen LogP contribution in [0.4, 0.5) is 0 Å². The number of hydrogen-bond donors (Lipinski definition) is 1. The highest BCUT2D eigenvalue weighted by molar-refractivity contribution is 7.99. The van der Waals surface area contributed by atoms with Crippen LogP contribution in [-0.2, 0) is 11.3 Å². The van der Waals surface area contributed by atoms with Gasteiger partial charge in [-0.25, -0.2) is 9.97 Å². The Morgan fingerprint density at radius 3 is 2.65 bits per heavy atom. The van der Waals surface area contributed by atoms with Gasteiger partial charge >= 0.3 is 0 Å². The number of ether oxygens (including phenoxy) is 1. The standard InChI is InChI=1S/C12H19N3OS/c1-9(2)3-13-4-10-5-14-12(15-6-10)17-11-7-16-8-11/h5-6,9,11,13H,3-4,7-8H2,1-2H3. The van der Waals surface area contributed by atoms with Gasteiger partial charge in [-0.05, 0) is 12.5 Å². The van der Waals surface area contributed by atoms with E-state index in [4.69, 9.17) is 4.74 Å². The molecule has 2 heterocycles. The van der Waals surface area contributed by atoms with Gasteiger partial charge in [0.25, 0.3) is 0 Å². The highest BCUT2D eigenvalue weighted by Gasteiger charge is 2.20. The molecule has 1 aromatic rings. The van der Waals surface area contributed by atoms with E-state index in [-0.39, 0.29) is 0 Å². The van der Waals surface area contributed by atoms with Crippen molar-refractivity contribution in [3.05, 3.63) is 18.0 Å². The van der Waals surface area contributed by atoms with E-state index in [0.29, 0.717) is 11.2 Å². The van der Waals surface area contributed by atoms with Crippen molar-refractivity contribution in [2.24, 2.45) is 5.92 Å². The molecule has 4 nitrogen and oxygen atoms in total. The first-order valence-electron chi connectivity index (χ1n) is 6.00. The maximum atomic E-state index is 5.12. The van der Waals surface area contributed by atoms with Crippen molar-refractivity contribution in [3.63, 3.8) is 0 Å². The van der Waals surface area contributed by atoms with Crippen LogP contribution in [0.15, 0.2) is 17.6 Å². The van der Waals surface area contributed by atoms with E-state index in [0.717, 1.165) is 37.0 Å². The molecule has 0 aromatic carbocycles. The van der Waals surface area contributed by atoms with Crippen LogP contribution >= 0.6 is 11.8 Å². The van der Waals surface area contributed by atoms with Gasteiger partial charge in [0.05, 0.1) is 18.5 Å². The van der Waals surface area contributed by atoms with Gasteiger partial charge in [0.15, 0.2) is 5.16 Å². The zero-order chi connectivity index (χ0) is 12.1. The van der Waals surface area contributed by atoms with Crippen LogP contribution in [0.2, 0.25) is 0 Å². The lowest BCUT2D eigenvalue weighted by molar-refractivity contribution is 0.0454. The van der Waals surface area contributed by atoms with E-state index >= 15 is 0 Å². The summed E-state index contributed by atoms with van der Waals surface area (Å²) in [5, 5.41) is 4.77. The molecule has 0 unspecified atom stereocenters. The van der Waals surface area contributed by atoms with Crippen molar-refractivity contribution in [2.75, 3.05) is 19.8 Å². The molecule has 0 atom stereocenters. The zero-order valence-corrected chi connectivity index (χ0v) is 11.2. The number of thioether (sulfide) groups is 1. The molecule has 1 saturated heterocycles. The Balaban J connectivity index is 1.76. The fraction of sp³-hybridized carbons (Fsp3) is 0.667. The monoisotopic (exact) mass is 253 g/mol.